The molecule has 0 aliphatic carbocycles. The number of benzene rings is 2. The molecule has 0 fully saturated rings. The summed E-state index contributed by atoms with van der Waals surface area (Å²) in [5.74, 6) is -1.37. The highest BCUT2D eigenvalue weighted by atomic mass is 35.5. The number of hydrogen-bond donors (Lipinski definition) is 2. The average molecular weight is 327 g/mol. The molecule has 6 nitrogen and oxygen atoms in total. The lowest BCUT2D eigenvalue weighted by molar-refractivity contribution is -0.385. The zero-order valence-electron chi connectivity index (χ0n) is 10.3. The molecule has 0 saturated heterocycles. The molecule has 0 radical (unpaired) electrons. The predicted molar refractivity (Wildman–Crippen MR) is 79.8 cm³/mol. The van der Waals surface area contributed by atoms with Crippen molar-refractivity contribution in [1.82, 2.24) is 0 Å². The Balaban J connectivity index is 2.44. The van der Waals surface area contributed by atoms with Crippen LogP contribution in [-0.2, 0) is 0 Å². The molecule has 0 aromatic heterocycles. The average Bonchev–Trinajstić information content (AvgIpc) is 2.42. The molecule has 2 N–H and O–H groups in total. The van der Waals surface area contributed by atoms with Crippen LogP contribution in [0.15, 0.2) is 36.4 Å². The van der Waals surface area contributed by atoms with Crippen molar-refractivity contribution in [3.63, 3.8) is 0 Å². The molecule has 0 atom stereocenters. The van der Waals surface area contributed by atoms with Gasteiger partial charge >= 0.3 is 5.97 Å². The van der Waals surface area contributed by atoms with Gasteiger partial charge in [-0.3, -0.25) is 10.1 Å². The smallest absolute Gasteiger partial charge is 0.342 e. The van der Waals surface area contributed by atoms with Crippen LogP contribution in [0.4, 0.5) is 17.1 Å². The van der Waals surface area contributed by atoms with Crippen LogP contribution in [0, 0.1) is 10.1 Å². The molecule has 2 aromatic rings. The Morgan fingerprint density at radius 3 is 2.33 bits per heavy atom. The van der Waals surface area contributed by atoms with Crippen LogP contribution in [0.3, 0.4) is 0 Å². The Kier molecular flexibility index (Phi) is 4.30. The van der Waals surface area contributed by atoms with E-state index in [1.54, 1.807) is 18.2 Å². The van der Waals surface area contributed by atoms with E-state index in [2.05, 4.69) is 5.32 Å². The van der Waals surface area contributed by atoms with Gasteiger partial charge in [0, 0.05) is 11.8 Å². The van der Waals surface area contributed by atoms with E-state index in [1.165, 1.54) is 6.07 Å². The van der Waals surface area contributed by atoms with Gasteiger partial charge in [-0.15, -0.1) is 0 Å². The molecule has 0 amide bonds. The van der Waals surface area contributed by atoms with Gasteiger partial charge in [0.05, 0.1) is 20.7 Å². The van der Waals surface area contributed by atoms with E-state index in [0.29, 0.717) is 21.4 Å². The van der Waals surface area contributed by atoms with Crippen LogP contribution >= 0.6 is 23.2 Å². The molecule has 2 rings (SSSR count). The number of anilines is 2. The fourth-order valence-electron chi connectivity index (χ4n) is 1.70. The van der Waals surface area contributed by atoms with Gasteiger partial charge in [0.15, 0.2) is 0 Å². The Hall–Kier alpha value is -2.31. The summed E-state index contributed by atoms with van der Waals surface area (Å²) in [6, 6.07) is 8.53. The number of aromatic carboxylic acids is 1. The second kappa shape index (κ2) is 5.99. The maximum atomic E-state index is 10.9. The van der Waals surface area contributed by atoms with E-state index >= 15 is 0 Å². The van der Waals surface area contributed by atoms with Crippen molar-refractivity contribution in [3.05, 3.63) is 62.1 Å². The van der Waals surface area contributed by atoms with Crippen LogP contribution in [0.5, 0.6) is 0 Å². The minimum absolute atomic E-state index is 0.307. The summed E-state index contributed by atoms with van der Waals surface area (Å²) in [5, 5.41) is 23.4. The molecular formula is C13H8Cl2N2O4. The lowest BCUT2D eigenvalue weighted by Gasteiger charge is -2.10. The van der Waals surface area contributed by atoms with Crippen LogP contribution in [0.25, 0.3) is 0 Å². The fraction of sp³-hybridized carbons (Fsp3) is 0. The third kappa shape index (κ3) is 3.24. The number of carboxylic acids is 1. The maximum Gasteiger partial charge on any atom is 0.342 e. The van der Waals surface area contributed by atoms with Crippen molar-refractivity contribution in [2.45, 2.75) is 0 Å². The first-order chi connectivity index (χ1) is 9.90. The number of nitro benzene ring substituents is 1. The minimum Gasteiger partial charge on any atom is -0.477 e. The van der Waals surface area contributed by atoms with Crippen molar-refractivity contribution in [1.29, 1.82) is 0 Å². The maximum absolute atomic E-state index is 10.9. The number of rotatable bonds is 4. The predicted octanol–water partition coefficient (Wildman–Crippen LogP) is 4.34. The van der Waals surface area contributed by atoms with Crippen molar-refractivity contribution >= 4 is 46.2 Å². The Morgan fingerprint density at radius 1 is 1.19 bits per heavy atom. The number of carbonyl (C=O) groups is 1. The van der Waals surface area contributed by atoms with E-state index in [1.807, 2.05) is 0 Å². The van der Waals surface area contributed by atoms with Gasteiger partial charge in [0.25, 0.3) is 5.69 Å². The van der Waals surface area contributed by atoms with Gasteiger partial charge in [-0.05, 0) is 24.3 Å². The highest BCUT2D eigenvalue weighted by Gasteiger charge is 2.20. The molecule has 0 spiro atoms. The number of halogens is 2. The zero-order valence-corrected chi connectivity index (χ0v) is 11.9. The van der Waals surface area contributed by atoms with Gasteiger partial charge in [-0.2, -0.15) is 0 Å². The highest BCUT2D eigenvalue weighted by Crippen LogP contribution is 2.34. The minimum atomic E-state index is -1.37. The number of hydrogen-bond acceptors (Lipinski definition) is 4. The monoisotopic (exact) mass is 326 g/mol. The molecule has 0 bridgehead atoms. The number of nitro groups is 1. The Labute approximate surface area is 129 Å². The topological polar surface area (TPSA) is 92.5 Å². The first-order valence-electron chi connectivity index (χ1n) is 5.63. The fourth-order valence-corrected chi connectivity index (χ4v) is 2.19. The summed E-state index contributed by atoms with van der Waals surface area (Å²) in [4.78, 5) is 21.1. The molecule has 0 aliphatic rings. The van der Waals surface area contributed by atoms with E-state index < -0.39 is 22.1 Å². The molecule has 0 aliphatic heterocycles. The quantitative estimate of drug-likeness (QED) is 0.643. The summed E-state index contributed by atoms with van der Waals surface area (Å²) < 4.78 is 0. The van der Waals surface area contributed by atoms with Crippen LogP contribution in [0.1, 0.15) is 10.4 Å². The van der Waals surface area contributed by atoms with Gasteiger partial charge in [-0.25, -0.2) is 4.79 Å². The number of carboxylic acid groups (broad SMARTS) is 1. The van der Waals surface area contributed by atoms with Crippen LogP contribution in [-0.4, -0.2) is 16.0 Å². The van der Waals surface area contributed by atoms with E-state index in [0.717, 1.165) is 12.1 Å². The van der Waals surface area contributed by atoms with Crippen molar-refractivity contribution in [2.75, 3.05) is 5.32 Å². The van der Waals surface area contributed by atoms with Gasteiger partial charge < -0.3 is 10.4 Å². The Morgan fingerprint density at radius 2 is 1.81 bits per heavy atom. The standard InChI is InChI=1S/C13H8Cl2N2O4/c14-9-2-1-3-10(15)12(9)16-7-4-5-8(13(18)19)11(6-7)17(20)21/h1-6,16H,(H,18,19). The van der Waals surface area contributed by atoms with Crippen molar-refractivity contribution in [2.24, 2.45) is 0 Å². The van der Waals surface area contributed by atoms with Crippen molar-refractivity contribution in [3.8, 4) is 0 Å². The van der Waals surface area contributed by atoms with Gasteiger partial charge in [-0.1, -0.05) is 29.3 Å². The lowest BCUT2D eigenvalue weighted by atomic mass is 10.1. The molecule has 0 heterocycles. The van der Waals surface area contributed by atoms with E-state index in [9.17, 15) is 14.9 Å². The van der Waals surface area contributed by atoms with E-state index in [4.69, 9.17) is 28.3 Å². The molecule has 0 saturated carbocycles. The van der Waals surface area contributed by atoms with Crippen LogP contribution in [0.2, 0.25) is 10.0 Å². The molecular weight excluding hydrogens is 319 g/mol. The summed E-state index contributed by atoms with van der Waals surface area (Å²) in [6.07, 6.45) is 0. The number of para-hydroxylation sites is 1. The zero-order chi connectivity index (χ0) is 15.6. The first kappa shape index (κ1) is 15.1. The second-order valence-corrected chi connectivity index (χ2v) is 4.83. The molecule has 0 unspecified atom stereocenters. The van der Waals surface area contributed by atoms with Gasteiger partial charge in [0.2, 0.25) is 0 Å². The summed E-state index contributed by atoms with van der Waals surface area (Å²) in [7, 11) is 0. The van der Waals surface area contributed by atoms with Crippen molar-refractivity contribution < 1.29 is 14.8 Å². The molecule has 108 valence electrons. The second-order valence-electron chi connectivity index (χ2n) is 4.02. The SMILES string of the molecule is O=C(O)c1ccc(Nc2c(Cl)cccc2Cl)cc1[N+](=O)[O-]. The summed E-state index contributed by atoms with van der Waals surface area (Å²) in [6.45, 7) is 0. The Bertz CT molecular complexity index is 714. The third-order valence-corrected chi connectivity index (χ3v) is 3.29. The molecule has 21 heavy (non-hydrogen) atoms. The molecule has 8 heteroatoms. The lowest BCUT2D eigenvalue weighted by Crippen LogP contribution is -2.03. The summed E-state index contributed by atoms with van der Waals surface area (Å²) in [5.41, 5.74) is -0.216. The number of nitrogens with one attached hydrogen (secondary N) is 1. The third-order valence-electron chi connectivity index (χ3n) is 2.66. The van der Waals surface area contributed by atoms with E-state index in [-0.39, 0.29) is 0 Å². The highest BCUT2D eigenvalue weighted by molar-refractivity contribution is 6.39. The first-order valence-corrected chi connectivity index (χ1v) is 6.38. The normalized spacial score (nSPS) is 10.2. The van der Waals surface area contributed by atoms with Gasteiger partial charge in [0.1, 0.15) is 5.56 Å². The summed E-state index contributed by atoms with van der Waals surface area (Å²) >= 11 is 12.0. The van der Waals surface area contributed by atoms with Crippen LogP contribution < -0.4 is 5.32 Å². The largest absolute Gasteiger partial charge is 0.477 e. The number of nitrogens with zero attached hydrogens (tertiary/aromatic N) is 1. The molecule has 2 aromatic carbocycles.